The third-order valence-corrected chi connectivity index (χ3v) is 5.39. The highest BCUT2D eigenvalue weighted by atomic mass is 16.7. The zero-order valence-electron chi connectivity index (χ0n) is 26.4. The van der Waals surface area contributed by atoms with Gasteiger partial charge in [-0.3, -0.25) is 0 Å². The minimum atomic E-state index is -0.560. The molecule has 47 heavy (non-hydrogen) atoms. The van der Waals surface area contributed by atoms with E-state index in [-0.39, 0.29) is 99.7 Å². The molecule has 0 N–H and O–H groups in total. The van der Waals surface area contributed by atoms with Gasteiger partial charge in [0.05, 0.1) is 65.0 Å². The Balaban J connectivity index is 1.22. The molecule has 0 bridgehead atoms. The van der Waals surface area contributed by atoms with Crippen molar-refractivity contribution in [3.63, 3.8) is 0 Å². The van der Waals surface area contributed by atoms with Crippen molar-refractivity contribution < 1.29 is 71.2 Å². The fourth-order valence-electron chi connectivity index (χ4n) is 3.19. The summed E-state index contributed by atoms with van der Waals surface area (Å²) in [6.07, 6.45) is 0. The van der Waals surface area contributed by atoms with Crippen molar-refractivity contribution in [3.05, 3.63) is 66.2 Å². The van der Waals surface area contributed by atoms with E-state index < -0.39 is 17.9 Å². The maximum atomic E-state index is 11.8. The van der Waals surface area contributed by atoms with Crippen LogP contribution in [-0.2, 0) is 61.7 Å². The number of carbonyl (C=O) groups excluding carboxylic acids is 3. The summed E-state index contributed by atoms with van der Waals surface area (Å²) in [6, 6.07) is 18.0. The Morgan fingerprint density at radius 1 is 0.404 bits per heavy atom. The summed E-state index contributed by atoms with van der Waals surface area (Å²) >= 11 is 0. The van der Waals surface area contributed by atoms with Crippen LogP contribution in [0.25, 0.3) is 0 Å². The van der Waals surface area contributed by atoms with E-state index in [4.69, 9.17) is 56.8 Å². The maximum absolute atomic E-state index is 11.8. The molecule has 0 aromatic heterocycles. The van der Waals surface area contributed by atoms with Gasteiger partial charge in [-0.15, -0.1) is 0 Å². The number of esters is 3. The molecule has 0 aliphatic heterocycles. The highest BCUT2D eigenvalue weighted by molar-refractivity contribution is 5.89. The molecule has 262 valence electrons. The van der Waals surface area contributed by atoms with Crippen LogP contribution in [0.4, 0.5) is 0 Å². The van der Waals surface area contributed by atoms with Crippen LogP contribution < -0.4 is 4.74 Å². The lowest BCUT2D eigenvalue weighted by Crippen LogP contribution is -2.19. The molecule has 2 aromatic carbocycles. The Bertz CT molecular complexity index is 1050. The molecule has 0 saturated carbocycles. The van der Waals surface area contributed by atoms with Gasteiger partial charge in [0.25, 0.3) is 0 Å². The van der Waals surface area contributed by atoms with Crippen LogP contribution in [0.5, 0.6) is 5.75 Å². The van der Waals surface area contributed by atoms with E-state index in [1.54, 1.807) is 24.3 Å². The van der Waals surface area contributed by atoms with Gasteiger partial charge in [-0.1, -0.05) is 36.4 Å². The zero-order chi connectivity index (χ0) is 33.5. The lowest BCUT2D eigenvalue weighted by Gasteiger charge is -2.09. The number of hydrogen-bond acceptors (Lipinski definition) is 15. The van der Waals surface area contributed by atoms with E-state index in [9.17, 15) is 14.4 Å². The second kappa shape index (κ2) is 28.5. The lowest BCUT2D eigenvalue weighted by atomic mass is 10.2. The van der Waals surface area contributed by atoms with E-state index in [0.717, 1.165) is 5.75 Å². The molecular weight excluding hydrogens is 624 g/mol. The van der Waals surface area contributed by atoms with Gasteiger partial charge < -0.3 is 56.8 Å². The number of carbonyl (C=O) groups is 3. The average Bonchev–Trinajstić information content (AvgIpc) is 3.09. The summed E-state index contributed by atoms with van der Waals surface area (Å²) in [6.45, 7) is 1.95. The van der Waals surface area contributed by atoms with Crippen LogP contribution in [0.3, 0.4) is 0 Å². The van der Waals surface area contributed by atoms with Crippen molar-refractivity contribution in [1.82, 2.24) is 0 Å². The molecule has 0 heterocycles. The quantitative estimate of drug-likeness (QED) is 0.0514. The molecule has 15 nitrogen and oxygen atoms in total. The first-order valence-corrected chi connectivity index (χ1v) is 15.0. The van der Waals surface area contributed by atoms with Crippen molar-refractivity contribution >= 4 is 17.9 Å². The maximum Gasteiger partial charge on any atom is 0.338 e. The van der Waals surface area contributed by atoms with Gasteiger partial charge in [0, 0.05) is 0 Å². The molecule has 0 spiro atoms. The van der Waals surface area contributed by atoms with E-state index in [1.807, 2.05) is 36.4 Å². The number of rotatable bonds is 30. The van der Waals surface area contributed by atoms with Gasteiger partial charge in [-0.25, -0.2) is 14.4 Å². The van der Waals surface area contributed by atoms with Gasteiger partial charge in [0.15, 0.2) is 6.79 Å². The third kappa shape index (κ3) is 23.3. The van der Waals surface area contributed by atoms with E-state index >= 15 is 0 Å². The third-order valence-electron chi connectivity index (χ3n) is 5.39. The summed E-state index contributed by atoms with van der Waals surface area (Å²) in [4.78, 5) is 35.0. The monoisotopic (exact) mass is 668 g/mol. The molecule has 2 rings (SSSR count). The Morgan fingerprint density at radius 2 is 0.809 bits per heavy atom. The first kappa shape index (κ1) is 39.5. The summed E-state index contributed by atoms with van der Waals surface area (Å²) in [5.41, 5.74) is 0.480. The molecular formula is C32H44O15. The van der Waals surface area contributed by atoms with Crippen molar-refractivity contribution in [2.45, 2.75) is 0 Å². The summed E-state index contributed by atoms with van der Waals surface area (Å²) < 4.78 is 62.2. The normalized spacial score (nSPS) is 10.8. The predicted molar refractivity (Wildman–Crippen MR) is 163 cm³/mol. The minimum Gasteiger partial charge on any atom is -0.468 e. The van der Waals surface area contributed by atoms with Crippen molar-refractivity contribution in [2.75, 3.05) is 113 Å². The van der Waals surface area contributed by atoms with E-state index in [2.05, 4.69) is 0 Å². The lowest BCUT2D eigenvalue weighted by molar-refractivity contribution is -0.158. The standard InChI is InChI=1S/C32H44O15/c33-30(23-43-26-40-15-12-38-19-22-46-32(35)28-7-3-1-4-8-28)44-20-17-36-11-14-39-25-42-24-31(34)45-21-18-37-13-16-41-27-47-29-9-5-2-6-10-29/h1-10H,11-27H2. The topological polar surface area (TPSA) is 162 Å². The van der Waals surface area contributed by atoms with Gasteiger partial charge in [0.1, 0.15) is 52.4 Å². The first-order valence-electron chi connectivity index (χ1n) is 15.0. The van der Waals surface area contributed by atoms with E-state index in [0.29, 0.717) is 18.8 Å². The van der Waals surface area contributed by atoms with Gasteiger partial charge in [0.2, 0.25) is 0 Å². The SMILES string of the molecule is O=C(COCOCCOCCOC(=O)c1ccccc1)OCCOCCOCOCC(=O)OCCOCCOCOc1ccccc1. The van der Waals surface area contributed by atoms with Gasteiger partial charge >= 0.3 is 17.9 Å². The molecule has 0 fully saturated rings. The van der Waals surface area contributed by atoms with Crippen LogP contribution in [0.1, 0.15) is 10.4 Å². The van der Waals surface area contributed by atoms with Crippen LogP contribution in [0.2, 0.25) is 0 Å². The molecule has 15 heteroatoms. The fraction of sp³-hybridized carbons (Fsp3) is 0.531. The minimum absolute atomic E-state index is 0.0491. The van der Waals surface area contributed by atoms with Crippen LogP contribution in [0, 0.1) is 0 Å². The number of para-hydroxylation sites is 1. The highest BCUT2D eigenvalue weighted by Gasteiger charge is 2.06. The molecule has 0 atom stereocenters. The van der Waals surface area contributed by atoms with Crippen LogP contribution in [0.15, 0.2) is 60.7 Å². The van der Waals surface area contributed by atoms with Crippen molar-refractivity contribution in [3.8, 4) is 5.75 Å². The molecule has 0 aliphatic carbocycles. The molecule has 0 saturated heterocycles. The van der Waals surface area contributed by atoms with Crippen LogP contribution in [-0.4, -0.2) is 131 Å². The Kier molecular flexibility index (Phi) is 24.0. The van der Waals surface area contributed by atoms with Crippen molar-refractivity contribution in [1.29, 1.82) is 0 Å². The predicted octanol–water partition coefficient (Wildman–Crippen LogP) is 2.01. The van der Waals surface area contributed by atoms with E-state index in [1.165, 1.54) is 0 Å². The number of benzene rings is 2. The molecule has 0 unspecified atom stereocenters. The fourth-order valence-corrected chi connectivity index (χ4v) is 3.19. The zero-order valence-corrected chi connectivity index (χ0v) is 26.4. The van der Waals surface area contributed by atoms with Crippen molar-refractivity contribution in [2.24, 2.45) is 0 Å². The van der Waals surface area contributed by atoms with Gasteiger partial charge in [-0.05, 0) is 24.3 Å². The smallest absolute Gasteiger partial charge is 0.338 e. The summed E-state index contributed by atoms with van der Waals surface area (Å²) in [5.74, 6) is -0.782. The summed E-state index contributed by atoms with van der Waals surface area (Å²) in [7, 11) is 0. The van der Waals surface area contributed by atoms with Crippen LogP contribution >= 0.6 is 0 Å². The highest BCUT2D eigenvalue weighted by Crippen LogP contribution is 2.07. The second-order valence-electron chi connectivity index (χ2n) is 9.01. The Morgan fingerprint density at radius 3 is 1.32 bits per heavy atom. The molecule has 2 aromatic rings. The first-order chi connectivity index (χ1) is 23.1. The molecule has 0 radical (unpaired) electrons. The molecule has 0 aliphatic rings. The molecule has 0 amide bonds. The van der Waals surface area contributed by atoms with Gasteiger partial charge in [-0.2, -0.15) is 0 Å². The largest absolute Gasteiger partial charge is 0.468 e. The number of ether oxygens (including phenoxy) is 12. The Labute approximate surface area is 274 Å². The second-order valence-corrected chi connectivity index (χ2v) is 9.01. The Hall–Kier alpha value is -3.67. The number of hydrogen-bond donors (Lipinski definition) is 0. The summed E-state index contributed by atoms with van der Waals surface area (Å²) in [5, 5.41) is 0. The average molecular weight is 669 g/mol.